The van der Waals surface area contributed by atoms with Crippen molar-refractivity contribution >= 4 is 21.7 Å². The van der Waals surface area contributed by atoms with E-state index < -0.39 is 15.5 Å². The topological polar surface area (TPSA) is 72.5 Å². The third-order valence-corrected chi connectivity index (χ3v) is 4.37. The van der Waals surface area contributed by atoms with Gasteiger partial charge in [0.15, 0.2) is 0 Å². The number of benzene rings is 1. The van der Waals surface area contributed by atoms with Crippen molar-refractivity contribution < 1.29 is 17.4 Å². The average molecular weight is 285 g/mol. The second-order valence-corrected chi connectivity index (χ2v) is 6.55. The predicted octanol–water partition coefficient (Wildman–Crippen LogP) is 2.40. The summed E-state index contributed by atoms with van der Waals surface area (Å²) in [6.45, 7) is 5.58. The molecule has 0 fully saturated rings. The summed E-state index contributed by atoms with van der Waals surface area (Å²) in [5.41, 5.74) is -0.0690. The Morgan fingerprint density at radius 3 is 2.53 bits per heavy atom. The van der Waals surface area contributed by atoms with Gasteiger partial charge in [0, 0.05) is 11.1 Å². The number of nitrogens with one attached hydrogen (secondary N) is 1. The summed E-state index contributed by atoms with van der Waals surface area (Å²) in [6.07, 6.45) is 0.689. The first-order valence-electron chi connectivity index (χ1n) is 5.95. The maximum absolute atomic E-state index is 12.0. The fourth-order valence-electron chi connectivity index (χ4n) is 1.29. The molecule has 1 aromatic rings. The summed E-state index contributed by atoms with van der Waals surface area (Å²) >= 11 is 0. The van der Waals surface area contributed by atoms with Crippen LogP contribution in [0, 0.1) is 5.41 Å². The van der Waals surface area contributed by atoms with Gasteiger partial charge < -0.3 is 5.32 Å². The van der Waals surface area contributed by atoms with Crippen molar-refractivity contribution in [3.05, 3.63) is 24.3 Å². The number of hydrogen-bond donors (Lipinski definition) is 1. The van der Waals surface area contributed by atoms with Crippen molar-refractivity contribution in [3.63, 3.8) is 0 Å². The molecule has 0 aromatic heterocycles. The number of amides is 1. The third-order valence-electron chi connectivity index (χ3n) is 3.10. The summed E-state index contributed by atoms with van der Waals surface area (Å²) < 4.78 is 27.5. The lowest BCUT2D eigenvalue weighted by Gasteiger charge is -2.21. The van der Waals surface area contributed by atoms with Gasteiger partial charge in [0.1, 0.15) is 0 Å². The summed E-state index contributed by atoms with van der Waals surface area (Å²) in [6, 6.07) is 5.99. The van der Waals surface area contributed by atoms with Crippen LogP contribution in [0.25, 0.3) is 0 Å². The second kappa shape index (κ2) is 5.71. The average Bonchev–Trinajstić information content (AvgIpc) is 2.39. The molecule has 0 aliphatic rings. The van der Waals surface area contributed by atoms with Gasteiger partial charge in [-0.15, -0.1) is 0 Å². The van der Waals surface area contributed by atoms with Crippen molar-refractivity contribution in [1.82, 2.24) is 0 Å². The first-order valence-corrected chi connectivity index (χ1v) is 7.36. The highest BCUT2D eigenvalue weighted by molar-refractivity contribution is 7.86. The van der Waals surface area contributed by atoms with E-state index in [0.717, 1.165) is 7.11 Å². The molecule has 0 saturated heterocycles. The van der Waals surface area contributed by atoms with Crippen molar-refractivity contribution in [2.45, 2.75) is 32.1 Å². The molecule has 19 heavy (non-hydrogen) atoms. The molecular weight excluding hydrogens is 266 g/mol. The number of carbonyl (C=O) groups is 1. The van der Waals surface area contributed by atoms with Crippen LogP contribution in [0.2, 0.25) is 0 Å². The Labute approximate surface area is 114 Å². The normalized spacial score (nSPS) is 12.2. The van der Waals surface area contributed by atoms with Gasteiger partial charge in [0.2, 0.25) is 5.91 Å². The van der Waals surface area contributed by atoms with Crippen LogP contribution in [0.5, 0.6) is 0 Å². The summed E-state index contributed by atoms with van der Waals surface area (Å²) in [5, 5.41) is 2.71. The van der Waals surface area contributed by atoms with E-state index in [0.29, 0.717) is 12.1 Å². The number of rotatable bonds is 5. The monoisotopic (exact) mass is 285 g/mol. The molecule has 5 nitrogen and oxygen atoms in total. The predicted molar refractivity (Wildman–Crippen MR) is 73.3 cm³/mol. The van der Waals surface area contributed by atoms with Crippen molar-refractivity contribution in [1.29, 1.82) is 0 Å². The van der Waals surface area contributed by atoms with E-state index in [1.807, 2.05) is 20.8 Å². The van der Waals surface area contributed by atoms with E-state index in [1.54, 1.807) is 12.1 Å². The smallest absolute Gasteiger partial charge is 0.296 e. The van der Waals surface area contributed by atoms with Gasteiger partial charge >= 0.3 is 0 Å². The van der Waals surface area contributed by atoms with Gasteiger partial charge in [-0.2, -0.15) is 8.42 Å². The van der Waals surface area contributed by atoms with Crippen LogP contribution in [0.1, 0.15) is 27.2 Å². The van der Waals surface area contributed by atoms with Crippen LogP contribution < -0.4 is 5.32 Å². The first-order chi connectivity index (χ1) is 8.73. The lowest BCUT2D eigenvalue weighted by Crippen LogP contribution is -2.30. The highest BCUT2D eigenvalue weighted by Crippen LogP contribution is 2.23. The number of carbonyl (C=O) groups excluding carboxylic acids is 1. The van der Waals surface area contributed by atoms with Crippen LogP contribution in [0.15, 0.2) is 29.2 Å². The van der Waals surface area contributed by atoms with Crippen LogP contribution in [0.3, 0.4) is 0 Å². The van der Waals surface area contributed by atoms with E-state index in [1.165, 1.54) is 12.1 Å². The molecule has 0 unspecified atom stereocenters. The minimum absolute atomic E-state index is 0.0158. The molecule has 0 saturated carbocycles. The molecule has 1 N–H and O–H groups in total. The maximum Gasteiger partial charge on any atom is 0.296 e. The SMILES string of the molecule is CCC(C)(C)C(=O)Nc1cccc(S(=O)(=O)OC)c1. The van der Waals surface area contributed by atoms with Crippen LogP contribution in [-0.2, 0) is 19.1 Å². The number of hydrogen-bond acceptors (Lipinski definition) is 4. The molecule has 1 amide bonds. The molecule has 0 heterocycles. The lowest BCUT2D eigenvalue weighted by atomic mass is 9.89. The maximum atomic E-state index is 12.0. The zero-order valence-electron chi connectivity index (χ0n) is 11.6. The minimum Gasteiger partial charge on any atom is -0.326 e. The fourth-order valence-corrected chi connectivity index (χ4v) is 2.00. The van der Waals surface area contributed by atoms with Gasteiger partial charge in [0.25, 0.3) is 10.1 Å². The van der Waals surface area contributed by atoms with E-state index >= 15 is 0 Å². The van der Waals surface area contributed by atoms with Crippen molar-refractivity contribution in [2.24, 2.45) is 5.41 Å². The van der Waals surface area contributed by atoms with E-state index in [2.05, 4.69) is 9.50 Å². The fraction of sp³-hybridized carbons (Fsp3) is 0.462. The third kappa shape index (κ3) is 3.78. The van der Waals surface area contributed by atoms with Crippen LogP contribution in [-0.4, -0.2) is 21.4 Å². The Hall–Kier alpha value is -1.40. The van der Waals surface area contributed by atoms with Gasteiger partial charge in [-0.3, -0.25) is 8.98 Å². The van der Waals surface area contributed by atoms with E-state index in [4.69, 9.17) is 0 Å². The van der Waals surface area contributed by atoms with Gasteiger partial charge in [-0.25, -0.2) is 0 Å². The molecule has 0 radical (unpaired) electrons. The quantitative estimate of drug-likeness (QED) is 0.843. The molecule has 1 rings (SSSR count). The standard InChI is InChI=1S/C13H19NO4S/c1-5-13(2,3)12(15)14-10-7-6-8-11(9-10)19(16,17)18-4/h6-9H,5H2,1-4H3,(H,14,15). The molecule has 1 aromatic carbocycles. The highest BCUT2D eigenvalue weighted by atomic mass is 32.2. The first kappa shape index (κ1) is 15.7. The molecular formula is C13H19NO4S. The Morgan fingerprint density at radius 2 is 2.00 bits per heavy atom. The Bertz CT molecular complexity index is 564. The molecule has 0 aliphatic heterocycles. The van der Waals surface area contributed by atoms with Gasteiger partial charge in [0.05, 0.1) is 12.0 Å². The zero-order chi connectivity index (χ0) is 14.7. The highest BCUT2D eigenvalue weighted by Gasteiger charge is 2.25. The summed E-state index contributed by atoms with van der Waals surface area (Å²) in [4.78, 5) is 12.0. The van der Waals surface area contributed by atoms with Crippen LogP contribution >= 0.6 is 0 Å². The van der Waals surface area contributed by atoms with Gasteiger partial charge in [-0.05, 0) is 24.6 Å². The van der Waals surface area contributed by atoms with Crippen molar-refractivity contribution in [2.75, 3.05) is 12.4 Å². The molecule has 0 atom stereocenters. The minimum atomic E-state index is -3.75. The molecule has 6 heteroatoms. The zero-order valence-corrected chi connectivity index (χ0v) is 12.4. The van der Waals surface area contributed by atoms with Crippen molar-refractivity contribution in [3.8, 4) is 0 Å². The second-order valence-electron chi connectivity index (χ2n) is 4.84. The Morgan fingerprint density at radius 1 is 1.37 bits per heavy atom. The summed E-state index contributed by atoms with van der Waals surface area (Å²) in [5.74, 6) is -0.151. The molecule has 0 aliphatic carbocycles. The molecule has 0 bridgehead atoms. The molecule has 0 spiro atoms. The lowest BCUT2D eigenvalue weighted by molar-refractivity contribution is -0.124. The summed E-state index contributed by atoms with van der Waals surface area (Å²) in [7, 11) is -2.65. The Balaban J connectivity index is 3.00. The largest absolute Gasteiger partial charge is 0.326 e. The Kier molecular flexibility index (Phi) is 4.70. The van der Waals surface area contributed by atoms with E-state index in [9.17, 15) is 13.2 Å². The number of anilines is 1. The van der Waals surface area contributed by atoms with Gasteiger partial charge in [-0.1, -0.05) is 26.8 Å². The molecule has 106 valence electrons. The van der Waals surface area contributed by atoms with E-state index in [-0.39, 0.29) is 10.8 Å². The van der Waals surface area contributed by atoms with Crippen LogP contribution in [0.4, 0.5) is 5.69 Å².